The lowest BCUT2D eigenvalue weighted by molar-refractivity contribution is 0.310. The Morgan fingerprint density at radius 1 is 1.23 bits per heavy atom. The standard InChI is InChI=1S/C23H25N5S2/c1-28-11-5-8-19(28)12-17-14-24-21-10-9-18(13-20(17)21)25-22-26-23(27-30-22)29-15-16-6-3-2-4-7-16/h2-4,6-7,9-10,13-14,19,24H,5,8,11-12,15H2,1H3,(H,25,26,27)/t19-/m1/s1. The molecule has 2 aromatic carbocycles. The minimum atomic E-state index is 0.646. The lowest BCUT2D eigenvalue weighted by Gasteiger charge is -2.18. The van der Waals surface area contributed by atoms with Crippen LogP contribution in [0.4, 0.5) is 10.8 Å². The van der Waals surface area contributed by atoms with Crippen molar-refractivity contribution in [1.29, 1.82) is 0 Å². The van der Waals surface area contributed by atoms with Crippen LogP contribution < -0.4 is 5.32 Å². The number of likely N-dealkylation sites (tertiary alicyclic amines) is 1. The van der Waals surface area contributed by atoms with E-state index in [-0.39, 0.29) is 0 Å². The van der Waals surface area contributed by atoms with E-state index < -0.39 is 0 Å². The molecule has 0 saturated carbocycles. The van der Waals surface area contributed by atoms with Crippen LogP contribution in [-0.4, -0.2) is 38.9 Å². The molecule has 2 N–H and O–H groups in total. The van der Waals surface area contributed by atoms with Gasteiger partial charge in [-0.3, -0.25) is 0 Å². The topological polar surface area (TPSA) is 56.8 Å². The summed E-state index contributed by atoms with van der Waals surface area (Å²) in [6.45, 7) is 1.21. The van der Waals surface area contributed by atoms with Crippen LogP contribution in [0.2, 0.25) is 0 Å². The molecule has 1 atom stereocenters. The van der Waals surface area contributed by atoms with Crippen LogP contribution in [0, 0.1) is 0 Å². The summed E-state index contributed by atoms with van der Waals surface area (Å²) in [4.78, 5) is 10.6. The summed E-state index contributed by atoms with van der Waals surface area (Å²) in [5.41, 5.74) is 4.92. The lowest BCUT2D eigenvalue weighted by Crippen LogP contribution is -2.26. The molecular weight excluding hydrogens is 410 g/mol. The van der Waals surface area contributed by atoms with Gasteiger partial charge in [0.05, 0.1) is 0 Å². The molecule has 1 aliphatic heterocycles. The minimum absolute atomic E-state index is 0.646. The molecule has 0 radical (unpaired) electrons. The van der Waals surface area contributed by atoms with Crippen molar-refractivity contribution in [1.82, 2.24) is 19.2 Å². The molecule has 5 rings (SSSR count). The summed E-state index contributed by atoms with van der Waals surface area (Å²) in [6, 6.07) is 17.5. The van der Waals surface area contributed by atoms with Gasteiger partial charge in [-0.2, -0.15) is 9.36 Å². The molecule has 1 fully saturated rings. The quantitative estimate of drug-likeness (QED) is 0.365. The average molecular weight is 436 g/mol. The Hall–Kier alpha value is -2.35. The van der Waals surface area contributed by atoms with E-state index in [4.69, 9.17) is 0 Å². The number of thioether (sulfide) groups is 1. The van der Waals surface area contributed by atoms with Gasteiger partial charge in [0.25, 0.3) is 0 Å². The Balaban J connectivity index is 1.27. The van der Waals surface area contributed by atoms with Gasteiger partial charge in [-0.25, -0.2) is 0 Å². The zero-order valence-electron chi connectivity index (χ0n) is 17.0. The lowest BCUT2D eigenvalue weighted by atomic mass is 10.0. The smallest absolute Gasteiger partial charge is 0.207 e. The van der Waals surface area contributed by atoms with E-state index in [9.17, 15) is 0 Å². The molecule has 0 unspecified atom stereocenters. The van der Waals surface area contributed by atoms with Crippen LogP contribution in [0.25, 0.3) is 10.9 Å². The maximum Gasteiger partial charge on any atom is 0.207 e. The minimum Gasteiger partial charge on any atom is -0.361 e. The molecule has 0 amide bonds. The van der Waals surface area contributed by atoms with Crippen molar-refractivity contribution in [2.45, 2.75) is 36.2 Å². The van der Waals surface area contributed by atoms with Crippen molar-refractivity contribution in [3.8, 4) is 0 Å². The average Bonchev–Trinajstić information content (AvgIpc) is 3.49. The highest BCUT2D eigenvalue weighted by Crippen LogP contribution is 2.29. The van der Waals surface area contributed by atoms with Crippen LogP contribution in [0.1, 0.15) is 24.0 Å². The van der Waals surface area contributed by atoms with E-state index in [0.29, 0.717) is 6.04 Å². The Morgan fingerprint density at radius 2 is 2.13 bits per heavy atom. The third-order valence-electron chi connectivity index (χ3n) is 5.76. The van der Waals surface area contributed by atoms with E-state index in [1.54, 1.807) is 11.8 Å². The third kappa shape index (κ3) is 4.38. The zero-order chi connectivity index (χ0) is 20.3. The van der Waals surface area contributed by atoms with E-state index >= 15 is 0 Å². The first-order valence-corrected chi connectivity index (χ1v) is 12.1. The third-order valence-corrected chi connectivity index (χ3v) is 7.43. The number of anilines is 2. The number of likely N-dealkylation sites (N-methyl/N-ethyl adjacent to an activating group) is 1. The Morgan fingerprint density at radius 3 is 2.97 bits per heavy atom. The molecular formula is C23H25N5S2. The molecule has 30 heavy (non-hydrogen) atoms. The van der Waals surface area contributed by atoms with Crippen molar-refractivity contribution in [2.24, 2.45) is 0 Å². The summed E-state index contributed by atoms with van der Waals surface area (Å²) in [7, 11) is 2.24. The fourth-order valence-corrected chi connectivity index (χ4v) is 5.60. The van der Waals surface area contributed by atoms with Gasteiger partial charge in [-0.05, 0) is 62.2 Å². The Kier molecular flexibility index (Phi) is 5.75. The maximum absolute atomic E-state index is 4.65. The fourth-order valence-electron chi connectivity index (χ4n) is 4.08. The second-order valence-electron chi connectivity index (χ2n) is 7.84. The number of hydrogen-bond donors (Lipinski definition) is 2. The first kappa shape index (κ1) is 19.6. The second-order valence-corrected chi connectivity index (χ2v) is 9.53. The molecule has 1 saturated heterocycles. The van der Waals surface area contributed by atoms with Crippen LogP contribution in [-0.2, 0) is 12.2 Å². The number of rotatable bonds is 7. The number of nitrogens with one attached hydrogen (secondary N) is 2. The van der Waals surface area contributed by atoms with Gasteiger partial charge in [0.2, 0.25) is 10.3 Å². The highest BCUT2D eigenvalue weighted by molar-refractivity contribution is 7.98. The van der Waals surface area contributed by atoms with E-state index in [1.165, 1.54) is 52.9 Å². The van der Waals surface area contributed by atoms with E-state index in [0.717, 1.165) is 28.1 Å². The van der Waals surface area contributed by atoms with E-state index in [1.807, 2.05) is 6.07 Å². The summed E-state index contributed by atoms with van der Waals surface area (Å²) in [5.74, 6) is 0.880. The number of nitrogens with zero attached hydrogens (tertiary/aromatic N) is 3. The van der Waals surface area contributed by atoms with Crippen LogP contribution in [0.5, 0.6) is 0 Å². The molecule has 0 bridgehead atoms. The second kappa shape index (κ2) is 8.79. The molecule has 154 valence electrons. The van der Waals surface area contributed by atoms with Gasteiger partial charge in [-0.15, -0.1) is 0 Å². The normalized spacial score (nSPS) is 17.0. The van der Waals surface area contributed by atoms with Crippen molar-refractivity contribution < 1.29 is 0 Å². The SMILES string of the molecule is CN1CCC[C@@H]1Cc1c[nH]c2ccc(Nc3nc(SCc4ccccc4)ns3)cc12. The van der Waals surface area contributed by atoms with Crippen LogP contribution in [0.15, 0.2) is 59.9 Å². The molecule has 7 heteroatoms. The number of benzene rings is 2. The first-order valence-electron chi connectivity index (χ1n) is 10.3. The molecule has 1 aliphatic rings. The highest BCUT2D eigenvalue weighted by atomic mass is 32.2. The predicted molar refractivity (Wildman–Crippen MR) is 127 cm³/mol. The molecule has 3 heterocycles. The number of aromatic nitrogens is 3. The van der Waals surface area contributed by atoms with Crippen molar-refractivity contribution in [3.63, 3.8) is 0 Å². The predicted octanol–water partition coefficient (Wildman–Crippen LogP) is 5.69. The van der Waals surface area contributed by atoms with Gasteiger partial charge in [0.15, 0.2) is 0 Å². The fraction of sp³-hybridized carbons (Fsp3) is 0.304. The summed E-state index contributed by atoms with van der Waals surface area (Å²) >= 11 is 3.08. The molecule has 2 aromatic heterocycles. The number of hydrogen-bond acceptors (Lipinski definition) is 6. The van der Waals surface area contributed by atoms with Gasteiger partial charge in [0.1, 0.15) is 0 Å². The Labute approximate surface area is 185 Å². The van der Waals surface area contributed by atoms with Crippen molar-refractivity contribution in [3.05, 3.63) is 65.9 Å². The van der Waals surface area contributed by atoms with E-state index in [2.05, 4.69) is 80.3 Å². The monoisotopic (exact) mass is 435 g/mol. The number of aromatic amines is 1. The van der Waals surface area contributed by atoms with Crippen LogP contribution >= 0.6 is 23.3 Å². The number of fused-ring (bicyclic) bond motifs is 1. The molecule has 5 nitrogen and oxygen atoms in total. The number of H-pyrrole nitrogens is 1. The highest BCUT2D eigenvalue weighted by Gasteiger charge is 2.22. The van der Waals surface area contributed by atoms with Crippen molar-refractivity contribution in [2.75, 3.05) is 18.9 Å². The summed E-state index contributed by atoms with van der Waals surface area (Å²) < 4.78 is 4.49. The summed E-state index contributed by atoms with van der Waals surface area (Å²) in [5, 5.41) is 6.39. The van der Waals surface area contributed by atoms with Gasteiger partial charge in [0, 0.05) is 46.1 Å². The van der Waals surface area contributed by atoms with Crippen molar-refractivity contribution >= 4 is 45.0 Å². The Bertz CT molecular complexity index is 1120. The van der Waals surface area contributed by atoms with Crippen LogP contribution in [0.3, 0.4) is 0 Å². The zero-order valence-corrected chi connectivity index (χ0v) is 18.6. The van der Waals surface area contributed by atoms with Gasteiger partial charge >= 0.3 is 0 Å². The maximum atomic E-state index is 4.65. The molecule has 0 spiro atoms. The van der Waals surface area contributed by atoms with Gasteiger partial charge < -0.3 is 15.2 Å². The molecule has 0 aliphatic carbocycles. The first-order chi connectivity index (χ1) is 14.7. The summed E-state index contributed by atoms with van der Waals surface area (Å²) in [6.07, 6.45) is 5.86. The largest absolute Gasteiger partial charge is 0.361 e. The molecule has 4 aromatic rings. The van der Waals surface area contributed by atoms with Gasteiger partial charge in [-0.1, -0.05) is 42.1 Å².